The summed E-state index contributed by atoms with van der Waals surface area (Å²) in [5.74, 6) is 0.323. The molecule has 0 aromatic heterocycles. The average molecular weight is 312 g/mol. The standard InChI is InChI=1S/C15H20O5S/c1-11(16)20-13-5-9-15(10-6-13)21(17,18)14-7-3-12(19-2)4-8-14/h3-4,7-8,13,15H,5-6,9-10H2,1-2H3. The summed E-state index contributed by atoms with van der Waals surface area (Å²) in [7, 11) is -1.79. The van der Waals surface area contributed by atoms with Gasteiger partial charge in [0.05, 0.1) is 17.3 Å². The number of sulfone groups is 1. The van der Waals surface area contributed by atoms with Crippen LogP contribution in [0.1, 0.15) is 32.6 Å². The first kappa shape index (κ1) is 15.8. The topological polar surface area (TPSA) is 69.7 Å². The maximum atomic E-state index is 12.6. The Morgan fingerprint density at radius 2 is 1.67 bits per heavy atom. The van der Waals surface area contributed by atoms with Gasteiger partial charge in [-0.05, 0) is 49.9 Å². The number of benzene rings is 1. The quantitative estimate of drug-likeness (QED) is 0.798. The molecule has 116 valence electrons. The van der Waals surface area contributed by atoms with Crippen molar-refractivity contribution in [2.24, 2.45) is 0 Å². The van der Waals surface area contributed by atoms with Gasteiger partial charge in [0.1, 0.15) is 11.9 Å². The molecule has 0 spiro atoms. The molecule has 1 fully saturated rings. The van der Waals surface area contributed by atoms with E-state index in [0.717, 1.165) is 0 Å². The van der Waals surface area contributed by atoms with Gasteiger partial charge < -0.3 is 9.47 Å². The second-order valence-corrected chi connectivity index (χ2v) is 7.46. The van der Waals surface area contributed by atoms with Crippen molar-refractivity contribution in [3.8, 4) is 5.75 Å². The zero-order valence-electron chi connectivity index (χ0n) is 12.2. The van der Waals surface area contributed by atoms with Crippen LogP contribution >= 0.6 is 0 Å². The summed E-state index contributed by atoms with van der Waals surface area (Å²) >= 11 is 0. The minimum absolute atomic E-state index is 0.148. The van der Waals surface area contributed by atoms with Gasteiger partial charge in [-0.3, -0.25) is 4.79 Å². The highest BCUT2D eigenvalue weighted by Crippen LogP contribution is 2.30. The highest BCUT2D eigenvalue weighted by atomic mass is 32.2. The fourth-order valence-electron chi connectivity index (χ4n) is 2.65. The smallest absolute Gasteiger partial charge is 0.302 e. The summed E-state index contributed by atoms with van der Waals surface area (Å²) in [4.78, 5) is 11.2. The number of carbonyl (C=O) groups is 1. The van der Waals surface area contributed by atoms with Crippen molar-refractivity contribution in [3.05, 3.63) is 24.3 Å². The molecule has 1 aromatic carbocycles. The molecule has 0 unspecified atom stereocenters. The molecular formula is C15H20O5S. The van der Waals surface area contributed by atoms with Crippen LogP contribution < -0.4 is 4.74 Å². The third kappa shape index (κ3) is 3.75. The second-order valence-electron chi connectivity index (χ2n) is 5.23. The Balaban J connectivity index is 2.05. The second kappa shape index (κ2) is 6.47. The lowest BCUT2D eigenvalue weighted by molar-refractivity contribution is -0.147. The van der Waals surface area contributed by atoms with Gasteiger partial charge in [0, 0.05) is 6.92 Å². The minimum atomic E-state index is -3.33. The van der Waals surface area contributed by atoms with Crippen LogP contribution in [0.25, 0.3) is 0 Å². The Morgan fingerprint density at radius 3 is 2.14 bits per heavy atom. The summed E-state index contributed by atoms with van der Waals surface area (Å²) in [5, 5.41) is -0.405. The molecule has 1 saturated carbocycles. The number of esters is 1. The van der Waals surface area contributed by atoms with Gasteiger partial charge in [0.2, 0.25) is 0 Å². The highest BCUT2D eigenvalue weighted by molar-refractivity contribution is 7.92. The molecule has 0 N–H and O–H groups in total. The summed E-state index contributed by atoms with van der Waals surface area (Å²) in [6.45, 7) is 1.38. The van der Waals surface area contributed by atoms with Crippen LogP contribution in [0.3, 0.4) is 0 Å². The largest absolute Gasteiger partial charge is 0.497 e. The molecule has 0 radical (unpaired) electrons. The van der Waals surface area contributed by atoms with E-state index in [0.29, 0.717) is 36.3 Å². The number of ether oxygens (including phenoxy) is 2. The maximum absolute atomic E-state index is 12.6. The zero-order chi connectivity index (χ0) is 15.5. The van der Waals surface area contributed by atoms with Crippen molar-refractivity contribution in [2.45, 2.75) is 48.9 Å². The summed E-state index contributed by atoms with van der Waals surface area (Å²) in [6, 6.07) is 6.45. The van der Waals surface area contributed by atoms with Crippen molar-refractivity contribution in [1.82, 2.24) is 0 Å². The van der Waals surface area contributed by atoms with Crippen LogP contribution in [0.2, 0.25) is 0 Å². The molecule has 0 atom stereocenters. The van der Waals surface area contributed by atoms with Crippen LogP contribution in [0.4, 0.5) is 0 Å². The molecule has 1 aromatic rings. The van der Waals surface area contributed by atoms with Gasteiger partial charge in [-0.1, -0.05) is 0 Å². The summed E-state index contributed by atoms with van der Waals surface area (Å²) in [5.41, 5.74) is 0. The molecule has 0 bridgehead atoms. The maximum Gasteiger partial charge on any atom is 0.302 e. The van der Waals surface area contributed by atoms with Crippen LogP contribution in [-0.4, -0.2) is 32.9 Å². The third-order valence-electron chi connectivity index (χ3n) is 3.78. The monoisotopic (exact) mass is 312 g/mol. The Labute approximate surface area is 125 Å². The first-order chi connectivity index (χ1) is 9.93. The van der Waals surface area contributed by atoms with Gasteiger partial charge in [0.15, 0.2) is 9.84 Å². The minimum Gasteiger partial charge on any atom is -0.497 e. The van der Waals surface area contributed by atoms with Gasteiger partial charge in [0.25, 0.3) is 0 Å². The normalized spacial score (nSPS) is 22.6. The Kier molecular flexibility index (Phi) is 4.88. The lowest BCUT2D eigenvalue weighted by Gasteiger charge is -2.27. The van der Waals surface area contributed by atoms with E-state index in [9.17, 15) is 13.2 Å². The van der Waals surface area contributed by atoms with Crippen molar-refractivity contribution >= 4 is 15.8 Å². The van der Waals surface area contributed by atoms with E-state index in [-0.39, 0.29) is 12.1 Å². The highest BCUT2D eigenvalue weighted by Gasteiger charge is 2.33. The van der Waals surface area contributed by atoms with Gasteiger partial charge in [-0.15, -0.1) is 0 Å². The molecule has 0 amide bonds. The molecule has 0 saturated heterocycles. The van der Waals surface area contributed by atoms with E-state index in [1.807, 2.05) is 0 Å². The van der Waals surface area contributed by atoms with Crippen LogP contribution in [0, 0.1) is 0 Å². The number of hydrogen-bond acceptors (Lipinski definition) is 5. The summed E-state index contributed by atoms with van der Waals surface area (Å²) < 4.78 is 35.3. The van der Waals surface area contributed by atoms with Gasteiger partial charge in [-0.25, -0.2) is 8.42 Å². The van der Waals surface area contributed by atoms with E-state index in [4.69, 9.17) is 9.47 Å². The molecule has 0 aliphatic heterocycles. The van der Waals surface area contributed by atoms with E-state index in [2.05, 4.69) is 0 Å². The zero-order valence-corrected chi connectivity index (χ0v) is 13.1. The molecule has 5 nitrogen and oxygen atoms in total. The predicted molar refractivity (Wildman–Crippen MR) is 78.0 cm³/mol. The van der Waals surface area contributed by atoms with E-state index in [1.165, 1.54) is 6.92 Å². The van der Waals surface area contributed by atoms with Crippen LogP contribution in [0.5, 0.6) is 5.75 Å². The molecule has 0 heterocycles. The van der Waals surface area contributed by atoms with Crippen molar-refractivity contribution < 1.29 is 22.7 Å². The van der Waals surface area contributed by atoms with E-state index in [1.54, 1.807) is 31.4 Å². The molecule has 6 heteroatoms. The number of rotatable bonds is 4. The Hall–Kier alpha value is -1.56. The van der Waals surface area contributed by atoms with Crippen molar-refractivity contribution in [1.29, 1.82) is 0 Å². The molecule has 2 rings (SSSR count). The molecule has 1 aliphatic rings. The molecule has 1 aliphatic carbocycles. The lowest BCUT2D eigenvalue weighted by Crippen LogP contribution is -2.31. The number of methoxy groups -OCH3 is 1. The predicted octanol–water partition coefficient (Wildman–Crippen LogP) is 2.34. The third-order valence-corrected chi connectivity index (χ3v) is 6.06. The fraction of sp³-hybridized carbons (Fsp3) is 0.533. The average Bonchev–Trinajstić information content (AvgIpc) is 2.47. The first-order valence-electron chi connectivity index (χ1n) is 6.98. The Morgan fingerprint density at radius 1 is 1.10 bits per heavy atom. The molecular weight excluding hydrogens is 292 g/mol. The summed E-state index contributed by atoms with van der Waals surface area (Å²) in [6.07, 6.45) is 2.09. The van der Waals surface area contributed by atoms with E-state index >= 15 is 0 Å². The van der Waals surface area contributed by atoms with Gasteiger partial charge >= 0.3 is 5.97 Å². The fourth-order valence-corrected chi connectivity index (χ4v) is 4.45. The SMILES string of the molecule is COc1ccc(S(=O)(=O)C2CCC(OC(C)=O)CC2)cc1. The molecule has 21 heavy (non-hydrogen) atoms. The van der Waals surface area contributed by atoms with Crippen molar-refractivity contribution in [2.75, 3.05) is 7.11 Å². The Bertz CT molecular complexity index is 583. The van der Waals surface area contributed by atoms with Crippen molar-refractivity contribution in [3.63, 3.8) is 0 Å². The lowest BCUT2D eigenvalue weighted by atomic mass is 9.97. The number of carbonyl (C=O) groups excluding carboxylic acids is 1. The number of hydrogen-bond donors (Lipinski definition) is 0. The van der Waals surface area contributed by atoms with Crippen LogP contribution in [-0.2, 0) is 19.4 Å². The van der Waals surface area contributed by atoms with Crippen LogP contribution in [0.15, 0.2) is 29.2 Å². The van der Waals surface area contributed by atoms with E-state index < -0.39 is 15.1 Å². The van der Waals surface area contributed by atoms with Gasteiger partial charge in [-0.2, -0.15) is 0 Å². The first-order valence-corrected chi connectivity index (χ1v) is 8.53.